The van der Waals surface area contributed by atoms with Crippen LogP contribution in [-0.4, -0.2) is 43.1 Å². The largest absolute Gasteiger partial charge is 0.453 e. The monoisotopic (exact) mass is 308 g/mol. The number of nitrogens with one attached hydrogen (secondary N) is 1. The van der Waals surface area contributed by atoms with Crippen molar-refractivity contribution in [3.05, 3.63) is 35.6 Å². The second-order valence-corrected chi connectivity index (χ2v) is 5.42. The van der Waals surface area contributed by atoms with Crippen molar-refractivity contribution in [3.8, 4) is 0 Å². The van der Waals surface area contributed by atoms with Gasteiger partial charge >= 0.3 is 6.09 Å². The highest BCUT2D eigenvalue weighted by molar-refractivity contribution is 5.76. The summed E-state index contributed by atoms with van der Waals surface area (Å²) < 4.78 is 17.4. The molecule has 5 nitrogen and oxygen atoms in total. The molecule has 1 heterocycles. The van der Waals surface area contributed by atoms with Gasteiger partial charge in [0, 0.05) is 25.6 Å². The summed E-state index contributed by atoms with van der Waals surface area (Å²) in [6.45, 7) is 1.27. The maximum absolute atomic E-state index is 12.8. The van der Waals surface area contributed by atoms with Gasteiger partial charge in [-0.2, -0.15) is 0 Å². The van der Waals surface area contributed by atoms with E-state index in [-0.39, 0.29) is 17.8 Å². The predicted octanol–water partition coefficient (Wildman–Crippen LogP) is 2.11. The van der Waals surface area contributed by atoms with Crippen LogP contribution in [0.15, 0.2) is 24.3 Å². The third kappa shape index (κ3) is 4.72. The number of hydrogen-bond donors (Lipinski definition) is 1. The first-order valence-corrected chi connectivity index (χ1v) is 7.45. The number of rotatable bonds is 4. The van der Waals surface area contributed by atoms with Crippen molar-refractivity contribution in [2.24, 2.45) is 0 Å². The minimum atomic E-state index is -0.430. The van der Waals surface area contributed by atoms with Gasteiger partial charge in [-0.1, -0.05) is 12.1 Å². The summed E-state index contributed by atoms with van der Waals surface area (Å²) >= 11 is 0. The Bertz CT molecular complexity index is 511. The van der Waals surface area contributed by atoms with Gasteiger partial charge in [-0.25, -0.2) is 9.18 Å². The van der Waals surface area contributed by atoms with Gasteiger partial charge in [0.15, 0.2) is 0 Å². The molecule has 1 aromatic rings. The number of carbonyl (C=O) groups excluding carboxylic acids is 2. The minimum absolute atomic E-state index is 0.0635. The zero-order valence-electron chi connectivity index (χ0n) is 12.7. The van der Waals surface area contributed by atoms with Crippen molar-refractivity contribution in [3.63, 3.8) is 0 Å². The van der Waals surface area contributed by atoms with E-state index in [2.05, 4.69) is 10.1 Å². The fourth-order valence-electron chi connectivity index (χ4n) is 2.56. The third-order valence-electron chi connectivity index (χ3n) is 3.90. The Kier molecular flexibility index (Phi) is 5.75. The Labute approximate surface area is 129 Å². The molecule has 0 saturated carbocycles. The zero-order chi connectivity index (χ0) is 15.9. The first-order valence-electron chi connectivity index (χ1n) is 7.45. The maximum Gasteiger partial charge on any atom is 0.407 e. The summed E-state index contributed by atoms with van der Waals surface area (Å²) in [4.78, 5) is 25.1. The molecule has 6 heteroatoms. The molecule has 1 N–H and O–H groups in total. The van der Waals surface area contributed by atoms with Gasteiger partial charge < -0.3 is 15.0 Å². The van der Waals surface area contributed by atoms with Crippen molar-refractivity contribution in [2.45, 2.75) is 31.7 Å². The number of benzene rings is 1. The lowest BCUT2D eigenvalue weighted by atomic mass is 10.0. The highest BCUT2D eigenvalue weighted by Crippen LogP contribution is 2.13. The van der Waals surface area contributed by atoms with E-state index >= 15 is 0 Å². The molecule has 1 aliphatic heterocycles. The molecule has 2 amide bonds. The molecule has 0 radical (unpaired) electrons. The van der Waals surface area contributed by atoms with Crippen LogP contribution in [0.2, 0.25) is 0 Å². The molecule has 0 atom stereocenters. The van der Waals surface area contributed by atoms with Gasteiger partial charge in [-0.3, -0.25) is 4.79 Å². The Hall–Kier alpha value is -2.11. The molecule has 1 aliphatic rings. The fourth-order valence-corrected chi connectivity index (χ4v) is 2.56. The van der Waals surface area contributed by atoms with Gasteiger partial charge in [0.2, 0.25) is 5.91 Å². The van der Waals surface area contributed by atoms with Crippen LogP contribution < -0.4 is 5.32 Å². The van der Waals surface area contributed by atoms with Gasteiger partial charge in [-0.05, 0) is 37.0 Å². The molecule has 120 valence electrons. The number of piperidine rings is 1. The Balaban J connectivity index is 1.73. The van der Waals surface area contributed by atoms with Gasteiger partial charge in [0.05, 0.1) is 7.11 Å². The third-order valence-corrected chi connectivity index (χ3v) is 3.90. The average Bonchev–Trinajstić information content (AvgIpc) is 2.54. The predicted molar refractivity (Wildman–Crippen MR) is 79.9 cm³/mol. The number of alkyl carbamates (subject to hydrolysis) is 1. The molecule has 1 fully saturated rings. The van der Waals surface area contributed by atoms with E-state index < -0.39 is 6.09 Å². The molecule has 0 aliphatic carbocycles. The second kappa shape index (κ2) is 7.77. The maximum atomic E-state index is 12.8. The lowest BCUT2D eigenvalue weighted by Crippen LogP contribution is -2.46. The summed E-state index contributed by atoms with van der Waals surface area (Å²) in [5.74, 6) is -0.170. The van der Waals surface area contributed by atoms with E-state index in [9.17, 15) is 14.0 Å². The Morgan fingerprint density at radius 3 is 2.50 bits per heavy atom. The Morgan fingerprint density at radius 2 is 1.91 bits per heavy atom. The van der Waals surface area contributed by atoms with Gasteiger partial charge in [-0.15, -0.1) is 0 Å². The summed E-state index contributed by atoms with van der Waals surface area (Å²) in [5, 5.41) is 2.76. The van der Waals surface area contributed by atoms with Crippen LogP contribution in [0.4, 0.5) is 9.18 Å². The van der Waals surface area contributed by atoms with E-state index in [4.69, 9.17) is 0 Å². The first-order chi connectivity index (χ1) is 10.6. The lowest BCUT2D eigenvalue weighted by Gasteiger charge is -2.32. The molecule has 22 heavy (non-hydrogen) atoms. The van der Waals surface area contributed by atoms with E-state index in [0.717, 1.165) is 18.4 Å². The van der Waals surface area contributed by atoms with Gasteiger partial charge in [0.25, 0.3) is 0 Å². The van der Waals surface area contributed by atoms with Crippen LogP contribution >= 0.6 is 0 Å². The quantitative estimate of drug-likeness (QED) is 0.927. The molecule has 0 aromatic heterocycles. The standard InChI is InChI=1S/C16H21FN2O3/c1-22-16(21)18-14-8-10-19(11-9-14)15(20)7-4-12-2-5-13(17)6-3-12/h2-3,5-6,14H,4,7-11H2,1H3,(H,18,21). The molecule has 1 saturated heterocycles. The second-order valence-electron chi connectivity index (χ2n) is 5.42. The number of ether oxygens (including phenoxy) is 1. The van der Waals surface area contributed by atoms with Gasteiger partial charge in [0.1, 0.15) is 5.82 Å². The summed E-state index contributed by atoms with van der Waals surface area (Å²) in [6.07, 6.45) is 2.07. The van der Waals surface area contributed by atoms with Crippen LogP contribution in [0.5, 0.6) is 0 Å². The van der Waals surface area contributed by atoms with E-state index in [1.807, 2.05) is 4.90 Å². The van der Waals surface area contributed by atoms with Crippen LogP contribution in [0.25, 0.3) is 0 Å². The molecule has 0 unspecified atom stereocenters. The lowest BCUT2D eigenvalue weighted by molar-refractivity contribution is -0.132. The molecular weight excluding hydrogens is 287 g/mol. The highest BCUT2D eigenvalue weighted by atomic mass is 19.1. The number of methoxy groups -OCH3 is 1. The van der Waals surface area contributed by atoms with Crippen LogP contribution in [0, 0.1) is 5.82 Å². The summed E-state index contributed by atoms with van der Waals surface area (Å²) in [7, 11) is 1.34. The van der Waals surface area contributed by atoms with E-state index in [0.29, 0.717) is 25.9 Å². The van der Waals surface area contributed by atoms with E-state index in [1.165, 1.54) is 19.2 Å². The van der Waals surface area contributed by atoms with E-state index in [1.54, 1.807) is 12.1 Å². The van der Waals surface area contributed by atoms with Crippen molar-refractivity contribution in [1.82, 2.24) is 10.2 Å². The zero-order valence-corrected chi connectivity index (χ0v) is 12.7. The number of hydrogen-bond acceptors (Lipinski definition) is 3. The average molecular weight is 308 g/mol. The van der Waals surface area contributed by atoms with Crippen LogP contribution in [-0.2, 0) is 16.0 Å². The SMILES string of the molecule is COC(=O)NC1CCN(C(=O)CCc2ccc(F)cc2)CC1. The number of likely N-dealkylation sites (tertiary alicyclic amines) is 1. The topological polar surface area (TPSA) is 58.6 Å². The van der Waals surface area contributed by atoms with Crippen molar-refractivity contribution in [1.29, 1.82) is 0 Å². The van der Waals surface area contributed by atoms with Crippen molar-refractivity contribution in [2.75, 3.05) is 20.2 Å². The van der Waals surface area contributed by atoms with Crippen LogP contribution in [0.1, 0.15) is 24.8 Å². The number of amides is 2. The molecule has 0 spiro atoms. The number of nitrogens with zero attached hydrogens (tertiary/aromatic N) is 1. The summed E-state index contributed by atoms with van der Waals surface area (Å²) in [6, 6.07) is 6.28. The first kappa shape index (κ1) is 16.3. The molecular formula is C16H21FN2O3. The molecule has 1 aromatic carbocycles. The number of carbonyl (C=O) groups is 2. The van der Waals surface area contributed by atoms with Crippen molar-refractivity contribution >= 4 is 12.0 Å². The highest BCUT2D eigenvalue weighted by Gasteiger charge is 2.23. The Morgan fingerprint density at radius 1 is 1.27 bits per heavy atom. The number of halogens is 1. The number of aryl methyl sites for hydroxylation is 1. The minimum Gasteiger partial charge on any atom is -0.453 e. The fraction of sp³-hybridized carbons (Fsp3) is 0.500. The molecule has 2 rings (SSSR count). The molecule has 0 bridgehead atoms. The van der Waals surface area contributed by atoms with Crippen LogP contribution in [0.3, 0.4) is 0 Å². The van der Waals surface area contributed by atoms with Crippen molar-refractivity contribution < 1.29 is 18.7 Å². The normalized spacial score (nSPS) is 15.5. The smallest absolute Gasteiger partial charge is 0.407 e. The summed E-state index contributed by atoms with van der Waals surface area (Å²) in [5.41, 5.74) is 0.956.